The molecule has 0 atom stereocenters. The first-order valence-corrected chi connectivity index (χ1v) is 10.5. The lowest BCUT2D eigenvalue weighted by molar-refractivity contribution is -0.116. The van der Waals surface area contributed by atoms with Crippen molar-refractivity contribution in [2.75, 3.05) is 18.1 Å². The predicted octanol–water partition coefficient (Wildman–Crippen LogP) is 5.33. The number of thioether (sulfide) groups is 1. The van der Waals surface area contributed by atoms with Crippen molar-refractivity contribution in [1.82, 2.24) is 5.32 Å². The zero-order valence-electron chi connectivity index (χ0n) is 14.4. The molecule has 0 aliphatic heterocycles. The monoisotopic (exact) mass is 325 g/mol. The highest BCUT2D eigenvalue weighted by Crippen LogP contribution is 2.26. The zero-order valence-corrected chi connectivity index (χ0v) is 15.3. The Balaban J connectivity index is 1.87. The van der Waals surface area contributed by atoms with Gasteiger partial charge >= 0.3 is 0 Å². The molecule has 0 radical (unpaired) electrons. The van der Waals surface area contributed by atoms with Crippen LogP contribution in [-0.2, 0) is 4.79 Å². The zero-order chi connectivity index (χ0) is 15.9. The Hall–Kier alpha value is -0.440. The molecule has 1 aliphatic carbocycles. The van der Waals surface area contributed by atoms with Crippen molar-refractivity contribution in [3.05, 3.63) is 12.2 Å². The average Bonchev–Trinajstić information content (AvgIpc) is 2.54. The molecule has 1 N–H and O–H groups in total. The molecule has 1 saturated carbocycles. The third kappa shape index (κ3) is 11.2. The fourth-order valence-corrected chi connectivity index (χ4v) is 4.04. The average molecular weight is 326 g/mol. The minimum atomic E-state index is 0.0758. The van der Waals surface area contributed by atoms with Gasteiger partial charge in [0.25, 0.3) is 0 Å². The molecule has 1 aliphatic rings. The third-order valence-corrected chi connectivity index (χ3v) is 5.57. The Morgan fingerprint density at radius 1 is 1.14 bits per heavy atom. The van der Waals surface area contributed by atoms with Gasteiger partial charge < -0.3 is 5.32 Å². The van der Waals surface area contributed by atoms with Gasteiger partial charge in [-0.3, -0.25) is 4.79 Å². The van der Waals surface area contributed by atoms with Crippen LogP contribution in [0.4, 0.5) is 0 Å². The van der Waals surface area contributed by atoms with Crippen molar-refractivity contribution in [2.24, 2.45) is 5.92 Å². The number of carbonyl (C=O) groups is 1. The van der Waals surface area contributed by atoms with E-state index in [-0.39, 0.29) is 5.91 Å². The van der Waals surface area contributed by atoms with Crippen molar-refractivity contribution in [3.8, 4) is 0 Å². The van der Waals surface area contributed by atoms with Gasteiger partial charge in [-0.05, 0) is 43.4 Å². The van der Waals surface area contributed by atoms with Gasteiger partial charge in [0, 0.05) is 12.3 Å². The fourth-order valence-electron chi connectivity index (χ4n) is 2.97. The number of rotatable bonds is 12. The molecule has 22 heavy (non-hydrogen) atoms. The molecule has 1 fully saturated rings. The van der Waals surface area contributed by atoms with Crippen LogP contribution in [0.5, 0.6) is 0 Å². The number of unbranched alkanes of at least 4 members (excludes halogenated alkanes) is 5. The first kappa shape index (κ1) is 19.6. The topological polar surface area (TPSA) is 29.1 Å². The first-order chi connectivity index (χ1) is 10.8. The maximum absolute atomic E-state index is 11.6. The van der Waals surface area contributed by atoms with Gasteiger partial charge in [0.1, 0.15) is 0 Å². The van der Waals surface area contributed by atoms with E-state index in [1.54, 1.807) is 6.08 Å². The minimum Gasteiger partial charge on any atom is -0.352 e. The summed E-state index contributed by atoms with van der Waals surface area (Å²) >= 11 is 2.00. The lowest BCUT2D eigenvalue weighted by Gasteiger charge is -2.20. The molecule has 0 aromatic carbocycles. The molecule has 0 spiro atoms. The van der Waals surface area contributed by atoms with E-state index in [1.807, 2.05) is 17.8 Å². The summed E-state index contributed by atoms with van der Waals surface area (Å²) in [5.74, 6) is 3.34. The smallest absolute Gasteiger partial charge is 0.243 e. The molecule has 128 valence electrons. The molecular formula is C19H35NOS. The molecule has 0 saturated heterocycles. The highest BCUT2D eigenvalue weighted by Gasteiger charge is 2.12. The van der Waals surface area contributed by atoms with Gasteiger partial charge in [-0.25, -0.2) is 0 Å². The summed E-state index contributed by atoms with van der Waals surface area (Å²) in [5, 5.41) is 2.99. The van der Waals surface area contributed by atoms with E-state index in [9.17, 15) is 4.79 Å². The van der Waals surface area contributed by atoms with Gasteiger partial charge in [0.05, 0.1) is 0 Å². The molecular weight excluding hydrogens is 290 g/mol. The molecule has 0 aromatic rings. The summed E-state index contributed by atoms with van der Waals surface area (Å²) in [6.07, 6.45) is 18.3. The van der Waals surface area contributed by atoms with Gasteiger partial charge in [-0.15, -0.1) is 0 Å². The van der Waals surface area contributed by atoms with Gasteiger partial charge in [0.2, 0.25) is 5.91 Å². The lowest BCUT2D eigenvalue weighted by Crippen LogP contribution is -2.24. The third-order valence-electron chi connectivity index (χ3n) is 4.37. The normalized spacial score (nSPS) is 16.2. The highest BCUT2D eigenvalue weighted by molar-refractivity contribution is 7.99. The van der Waals surface area contributed by atoms with Crippen LogP contribution in [0.25, 0.3) is 0 Å². The van der Waals surface area contributed by atoms with Crippen molar-refractivity contribution in [3.63, 3.8) is 0 Å². The van der Waals surface area contributed by atoms with Crippen molar-refractivity contribution in [2.45, 2.75) is 77.6 Å². The van der Waals surface area contributed by atoms with Crippen LogP contribution in [-0.4, -0.2) is 24.0 Å². The number of allylic oxidation sites excluding steroid dienone is 1. The van der Waals surface area contributed by atoms with Gasteiger partial charge in [0.15, 0.2) is 0 Å². The van der Waals surface area contributed by atoms with Crippen LogP contribution < -0.4 is 5.32 Å². The summed E-state index contributed by atoms with van der Waals surface area (Å²) in [4.78, 5) is 11.6. The molecule has 0 aromatic heterocycles. The van der Waals surface area contributed by atoms with Crippen LogP contribution >= 0.6 is 11.8 Å². The van der Waals surface area contributed by atoms with Crippen molar-refractivity contribution >= 4 is 17.7 Å². The van der Waals surface area contributed by atoms with Gasteiger partial charge in [-0.1, -0.05) is 57.9 Å². The number of hydrogen-bond acceptors (Lipinski definition) is 2. The summed E-state index contributed by atoms with van der Waals surface area (Å²) in [7, 11) is 0. The lowest BCUT2D eigenvalue weighted by atomic mass is 9.91. The number of amides is 1. The van der Waals surface area contributed by atoms with Crippen LogP contribution in [0, 0.1) is 5.92 Å². The second-order valence-electron chi connectivity index (χ2n) is 6.48. The maximum atomic E-state index is 11.6. The van der Waals surface area contributed by atoms with Crippen LogP contribution in [0.3, 0.4) is 0 Å². The largest absolute Gasteiger partial charge is 0.352 e. The molecule has 1 amide bonds. The second kappa shape index (κ2) is 14.2. The van der Waals surface area contributed by atoms with E-state index >= 15 is 0 Å². The Labute approximate surface area is 141 Å². The summed E-state index contributed by atoms with van der Waals surface area (Å²) in [6, 6.07) is 0. The Kier molecular flexibility index (Phi) is 12.6. The van der Waals surface area contributed by atoms with Crippen molar-refractivity contribution < 1.29 is 4.79 Å². The van der Waals surface area contributed by atoms with E-state index in [0.29, 0.717) is 0 Å². The quantitative estimate of drug-likeness (QED) is 0.388. The Morgan fingerprint density at radius 2 is 1.91 bits per heavy atom. The van der Waals surface area contributed by atoms with E-state index in [4.69, 9.17) is 0 Å². The fraction of sp³-hybridized carbons (Fsp3) is 0.842. The molecule has 0 bridgehead atoms. The Bertz CT molecular complexity index is 298. The molecule has 3 heteroatoms. The molecule has 2 nitrogen and oxygen atoms in total. The summed E-state index contributed by atoms with van der Waals surface area (Å²) < 4.78 is 0. The first-order valence-electron chi connectivity index (χ1n) is 9.35. The molecule has 1 rings (SSSR count). The van der Waals surface area contributed by atoms with Crippen molar-refractivity contribution in [1.29, 1.82) is 0 Å². The SMILES string of the molecule is CCCCCCCC=CC(=O)NCCSCC1CCCCC1. The summed E-state index contributed by atoms with van der Waals surface area (Å²) in [6.45, 7) is 3.04. The number of nitrogens with one attached hydrogen (secondary N) is 1. The Morgan fingerprint density at radius 3 is 2.68 bits per heavy atom. The summed E-state index contributed by atoms with van der Waals surface area (Å²) in [5.41, 5.74) is 0. The molecule has 0 unspecified atom stereocenters. The van der Waals surface area contributed by atoms with Crippen LogP contribution in [0.2, 0.25) is 0 Å². The van der Waals surface area contributed by atoms with E-state index in [2.05, 4.69) is 12.2 Å². The maximum Gasteiger partial charge on any atom is 0.243 e. The van der Waals surface area contributed by atoms with E-state index in [1.165, 1.54) is 70.0 Å². The number of carbonyl (C=O) groups excluding carboxylic acids is 1. The second-order valence-corrected chi connectivity index (χ2v) is 7.63. The number of hydrogen-bond donors (Lipinski definition) is 1. The predicted molar refractivity (Wildman–Crippen MR) is 99.4 cm³/mol. The highest BCUT2D eigenvalue weighted by atomic mass is 32.2. The minimum absolute atomic E-state index is 0.0758. The van der Waals surface area contributed by atoms with Crippen LogP contribution in [0.15, 0.2) is 12.2 Å². The van der Waals surface area contributed by atoms with Gasteiger partial charge in [-0.2, -0.15) is 11.8 Å². The standard InChI is InChI=1S/C19H35NOS/c1-2-3-4-5-6-7-11-14-19(21)20-15-16-22-17-18-12-9-8-10-13-18/h11,14,18H,2-10,12-13,15-17H2,1H3,(H,20,21). The van der Waals surface area contributed by atoms with Crippen LogP contribution in [0.1, 0.15) is 77.6 Å². The molecule has 0 heterocycles. The van der Waals surface area contributed by atoms with E-state index in [0.717, 1.165) is 24.6 Å². The van der Waals surface area contributed by atoms with E-state index < -0.39 is 0 Å².